The minimum Gasteiger partial charge on any atom is -0.310 e. The monoisotopic (exact) mass is 447 g/mol. The molecular formula is C26H16Cl3N. The summed E-state index contributed by atoms with van der Waals surface area (Å²) in [4.78, 5) is 2.15. The summed E-state index contributed by atoms with van der Waals surface area (Å²) in [7, 11) is 0. The van der Waals surface area contributed by atoms with Crippen LogP contribution < -0.4 is 4.90 Å². The minimum atomic E-state index is 0.360. The number of hydrogen-bond acceptors (Lipinski definition) is 1. The first kappa shape index (κ1) is 19.3. The molecule has 0 bridgehead atoms. The third-order valence-corrected chi connectivity index (χ3v) is 6.41. The lowest BCUT2D eigenvalue weighted by Crippen LogP contribution is -2.10. The molecule has 0 aliphatic carbocycles. The van der Waals surface area contributed by atoms with Gasteiger partial charge in [-0.05, 0) is 57.9 Å². The van der Waals surface area contributed by atoms with Crippen molar-refractivity contribution in [2.75, 3.05) is 4.90 Å². The number of fused-ring (bicyclic) bond motifs is 2. The number of anilines is 3. The van der Waals surface area contributed by atoms with Crippen molar-refractivity contribution in [1.82, 2.24) is 0 Å². The van der Waals surface area contributed by atoms with Crippen molar-refractivity contribution in [3.8, 4) is 0 Å². The van der Waals surface area contributed by atoms with E-state index < -0.39 is 0 Å². The molecule has 0 radical (unpaired) electrons. The van der Waals surface area contributed by atoms with E-state index in [2.05, 4.69) is 65.6 Å². The van der Waals surface area contributed by atoms with Gasteiger partial charge in [0.1, 0.15) is 0 Å². The third kappa shape index (κ3) is 3.50. The molecule has 0 N–H and O–H groups in total. The van der Waals surface area contributed by atoms with Gasteiger partial charge in [-0.15, -0.1) is 0 Å². The zero-order valence-corrected chi connectivity index (χ0v) is 18.1. The van der Waals surface area contributed by atoms with Crippen molar-refractivity contribution in [2.45, 2.75) is 0 Å². The van der Waals surface area contributed by atoms with Crippen LogP contribution in [0.4, 0.5) is 17.1 Å². The average molecular weight is 449 g/mol. The van der Waals surface area contributed by atoms with Crippen LogP contribution in [0.5, 0.6) is 0 Å². The molecule has 1 nitrogen and oxygen atoms in total. The second-order valence-electron chi connectivity index (χ2n) is 7.12. The van der Waals surface area contributed by atoms with E-state index in [4.69, 9.17) is 34.8 Å². The number of nitrogens with zero attached hydrogens (tertiary/aromatic N) is 1. The molecule has 0 saturated carbocycles. The molecule has 0 spiro atoms. The molecule has 5 rings (SSSR count). The number of hydrogen-bond donors (Lipinski definition) is 0. The molecule has 4 heteroatoms. The Bertz CT molecular complexity index is 1290. The highest BCUT2D eigenvalue weighted by molar-refractivity contribution is 6.48. The first-order valence-corrected chi connectivity index (χ1v) is 10.7. The third-order valence-electron chi connectivity index (χ3n) is 5.21. The highest BCUT2D eigenvalue weighted by Crippen LogP contribution is 2.42. The number of rotatable bonds is 3. The van der Waals surface area contributed by atoms with E-state index in [0.29, 0.717) is 15.1 Å². The molecule has 0 unspecified atom stereocenters. The first-order valence-electron chi connectivity index (χ1n) is 9.52. The van der Waals surface area contributed by atoms with Gasteiger partial charge in [0.05, 0.1) is 15.1 Å². The smallest absolute Gasteiger partial charge is 0.0780 e. The van der Waals surface area contributed by atoms with Crippen molar-refractivity contribution in [3.63, 3.8) is 0 Å². The van der Waals surface area contributed by atoms with Gasteiger partial charge >= 0.3 is 0 Å². The summed E-state index contributed by atoms with van der Waals surface area (Å²) in [5.74, 6) is 0. The fraction of sp³-hybridized carbons (Fsp3) is 0. The Morgan fingerprint density at radius 3 is 1.33 bits per heavy atom. The van der Waals surface area contributed by atoms with Gasteiger partial charge in [-0.25, -0.2) is 0 Å². The van der Waals surface area contributed by atoms with E-state index in [1.54, 1.807) is 0 Å². The van der Waals surface area contributed by atoms with Crippen LogP contribution in [0.25, 0.3) is 21.5 Å². The molecular weight excluding hydrogens is 433 g/mol. The maximum absolute atomic E-state index is 6.39. The van der Waals surface area contributed by atoms with Gasteiger partial charge in [-0.3, -0.25) is 0 Å². The fourth-order valence-corrected chi connectivity index (χ4v) is 4.33. The Balaban J connectivity index is 1.75. The zero-order valence-electron chi connectivity index (χ0n) is 15.8. The second kappa shape index (κ2) is 7.85. The Morgan fingerprint density at radius 2 is 0.867 bits per heavy atom. The van der Waals surface area contributed by atoms with Gasteiger partial charge in [-0.2, -0.15) is 0 Å². The van der Waals surface area contributed by atoms with Crippen molar-refractivity contribution >= 4 is 73.4 Å². The first-order chi connectivity index (χ1) is 14.6. The lowest BCUT2D eigenvalue weighted by atomic mass is 10.1. The molecule has 0 aliphatic heterocycles. The van der Waals surface area contributed by atoms with E-state index in [9.17, 15) is 0 Å². The van der Waals surface area contributed by atoms with Crippen molar-refractivity contribution in [2.24, 2.45) is 0 Å². The summed E-state index contributed by atoms with van der Waals surface area (Å²) in [5.41, 5.74) is 2.87. The molecule has 5 aromatic carbocycles. The van der Waals surface area contributed by atoms with Gasteiger partial charge in [-0.1, -0.05) is 95.5 Å². The molecule has 0 aromatic heterocycles. The summed E-state index contributed by atoms with van der Waals surface area (Å²) in [6.07, 6.45) is 0. The summed E-state index contributed by atoms with van der Waals surface area (Å²) >= 11 is 19.0. The van der Waals surface area contributed by atoms with E-state index in [0.717, 1.165) is 27.8 Å². The van der Waals surface area contributed by atoms with Crippen LogP contribution in [0.2, 0.25) is 15.1 Å². The van der Waals surface area contributed by atoms with Gasteiger partial charge in [0.25, 0.3) is 0 Å². The predicted octanol–water partition coefficient (Wildman–Crippen LogP) is 9.42. The van der Waals surface area contributed by atoms with Crippen LogP contribution in [-0.4, -0.2) is 0 Å². The normalized spacial score (nSPS) is 11.2. The fourth-order valence-electron chi connectivity index (χ4n) is 3.75. The van der Waals surface area contributed by atoms with Gasteiger partial charge in [0.15, 0.2) is 0 Å². The molecule has 0 aliphatic rings. The van der Waals surface area contributed by atoms with E-state index in [-0.39, 0.29) is 0 Å². The van der Waals surface area contributed by atoms with E-state index in [1.165, 1.54) is 10.8 Å². The van der Waals surface area contributed by atoms with Gasteiger partial charge < -0.3 is 4.90 Å². The SMILES string of the molecule is Clc1cc(N(c2ccc3ccccc3c2)c2ccc3ccccc3c2)cc(Cl)c1Cl. The molecule has 0 amide bonds. The molecule has 146 valence electrons. The molecule has 0 fully saturated rings. The highest BCUT2D eigenvalue weighted by Gasteiger charge is 2.17. The summed E-state index contributed by atoms with van der Waals surface area (Å²) in [6.45, 7) is 0. The lowest BCUT2D eigenvalue weighted by molar-refractivity contribution is 1.29. The standard InChI is InChI=1S/C26H16Cl3N/c27-24-15-23(16-25(28)26(24)29)30(21-11-9-17-5-1-3-7-19(17)13-21)22-12-10-18-6-2-4-8-20(18)14-22/h1-16H. The summed E-state index contributed by atoms with van der Waals surface area (Å²) in [6, 6.07) is 33.1. The van der Waals surface area contributed by atoms with Gasteiger partial charge in [0.2, 0.25) is 0 Å². The van der Waals surface area contributed by atoms with Crippen molar-refractivity contribution < 1.29 is 0 Å². The number of halogens is 3. The van der Waals surface area contributed by atoms with Crippen LogP contribution in [0, 0.1) is 0 Å². The van der Waals surface area contributed by atoms with Crippen LogP contribution in [0.15, 0.2) is 97.1 Å². The Hall–Kier alpha value is -2.71. The quantitative estimate of drug-likeness (QED) is 0.248. The van der Waals surface area contributed by atoms with Crippen LogP contribution >= 0.6 is 34.8 Å². The maximum atomic E-state index is 6.39. The predicted molar refractivity (Wildman–Crippen MR) is 131 cm³/mol. The zero-order chi connectivity index (χ0) is 20.7. The number of benzene rings is 5. The molecule has 30 heavy (non-hydrogen) atoms. The van der Waals surface area contributed by atoms with Crippen LogP contribution in [0.3, 0.4) is 0 Å². The van der Waals surface area contributed by atoms with Crippen LogP contribution in [0.1, 0.15) is 0 Å². The largest absolute Gasteiger partial charge is 0.310 e. The van der Waals surface area contributed by atoms with Crippen LogP contribution in [-0.2, 0) is 0 Å². The molecule has 0 saturated heterocycles. The lowest BCUT2D eigenvalue weighted by Gasteiger charge is -2.27. The summed E-state index contributed by atoms with van der Waals surface area (Å²) < 4.78 is 0. The Kier molecular flexibility index (Phi) is 5.04. The second-order valence-corrected chi connectivity index (χ2v) is 8.31. The topological polar surface area (TPSA) is 3.24 Å². The maximum Gasteiger partial charge on any atom is 0.0780 e. The average Bonchev–Trinajstić information content (AvgIpc) is 2.77. The molecule has 5 aromatic rings. The van der Waals surface area contributed by atoms with Crippen molar-refractivity contribution in [3.05, 3.63) is 112 Å². The van der Waals surface area contributed by atoms with E-state index >= 15 is 0 Å². The minimum absolute atomic E-state index is 0.360. The Labute approximate surface area is 190 Å². The van der Waals surface area contributed by atoms with Gasteiger partial charge in [0, 0.05) is 17.1 Å². The van der Waals surface area contributed by atoms with Crippen molar-refractivity contribution in [1.29, 1.82) is 0 Å². The highest BCUT2D eigenvalue weighted by atomic mass is 35.5. The molecule has 0 heterocycles. The summed E-state index contributed by atoms with van der Waals surface area (Å²) in [5, 5.41) is 5.90. The molecule has 0 atom stereocenters. The van der Waals surface area contributed by atoms with E-state index in [1.807, 2.05) is 36.4 Å². The Morgan fingerprint density at radius 1 is 0.433 bits per heavy atom.